The SMILES string of the molecule is CCc1nnc(N(C)c2ccccc2C)c(C#N)c1CC. The van der Waals surface area contributed by atoms with Crippen LogP contribution in [0.1, 0.15) is 36.2 Å². The van der Waals surface area contributed by atoms with E-state index in [1.54, 1.807) is 0 Å². The predicted molar refractivity (Wildman–Crippen MR) is 84.7 cm³/mol. The van der Waals surface area contributed by atoms with Crippen molar-refractivity contribution < 1.29 is 0 Å². The fraction of sp³-hybridized carbons (Fsp3) is 0.353. The molecule has 1 aromatic heterocycles. The summed E-state index contributed by atoms with van der Waals surface area (Å²) in [6.07, 6.45) is 1.58. The van der Waals surface area contributed by atoms with Crippen LogP contribution < -0.4 is 4.90 Å². The second-order valence-electron chi connectivity index (χ2n) is 4.99. The van der Waals surface area contributed by atoms with Gasteiger partial charge in [-0.2, -0.15) is 10.4 Å². The van der Waals surface area contributed by atoms with Gasteiger partial charge in [-0.15, -0.1) is 5.10 Å². The first-order valence-electron chi connectivity index (χ1n) is 7.21. The molecule has 0 amide bonds. The molecule has 0 saturated heterocycles. The van der Waals surface area contributed by atoms with Crippen LogP contribution in [-0.2, 0) is 12.8 Å². The maximum atomic E-state index is 9.57. The lowest BCUT2D eigenvalue weighted by Gasteiger charge is -2.22. The maximum absolute atomic E-state index is 9.57. The van der Waals surface area contributed by atoms with E-state index in [9.17, 15) is 5.26 Å². The first-order chi connectivity index (χ1) is 10.1. The Morgan fingerprint density at radius 3 is 2.43 bits per heavy atom. The van der Waals surface area contributed by atoms with E-state index in [-0.39, 0.29) is 0 Å². The van der Waals surface area contributed by atoms with E-state index in [1.165, 1.54) is 0 Å². The molecule has 0 saturated carbocycles. The van der Waals surface area contributed by atoms with Gasteiger partial charge in [-0.1, -0.05) is 32.0 Å². The highest BCUT2D eigenvalue weighted by Gasteiger charge is 2.18. The van der Waals surface area contributed by atoms with Crippen LogP contribution in [0.3, 0.4) is 0 Å². The van der Waals surface area contributed by atoms with Gasteiger partial charge in [0.05, 0.1) is 5.69 Å². The average molecular weight is 280 g/mol. The Labute approximate surface area is 126 Å². The molecule has 1 heterocycles. The van der Waals surface area contributed by atoms with Gasteiger partial charge in [0, 0.05) is 12.7 Å². The summed E-state index contributed by atoms with van der Waals surface area (Å²) in [4.78, 5) is 1.94. The van der Waals surface area contributed by atoms with Gasteiger partial charge in [0.2, 0.25) is 0 Å². The zero-order valence-corrected chi connectivity index (χ0v) is 13.0. The third-order valence-corrected chi connectivity index (χ3v) is 3.73. The van der Waals surface area contributed by atoms with E-state index in [2.05, 4.69) is 23.2 Å². The van der Waals surface area contributed by atoms with Gasteiger partial charge < -0.3 is 4.90 Å². The molecule has 21 heavy (non-hydrogen) atoms. The van der Waals surface area contributed by atoms with Crippen LogP contribution in [0.4, 0.5) is 11.5 Å². The van der Waals surface area contributed by atoms with Crippen molar-refractivity contribution in [3.63, 3.8) is 0 Å². The monoisotopic (exact) mass is 280 g/mol. The number of nitrogens with zero attached hydrogens (tertiary/aromatic N) is 4. The van der Waals surface area contributed by atoms with E-state index in [0.29, 0.717) is 11.4 Å². The predicted octanol–water partition coefficient (Wildman–Crippen LogP) is 3.55. The molecular formula is C17H20N4. The standard InChI is InChI=1S/C17H20N4/c1-5-13-14(11-18)17(20-19-15(13)6-2)21(4)16-10-8-7-9-12(16)3/h7-10H,5-6H2,1-4H3. The molecular weight excluding hydrogens is 260 g/mol. The van der Waals surface area contributed by atoms with Crippen molar-refractivity contribution in [2.45, 2.75) is 33.6 Å². The van der Waals surface area contributed by atoms with Crippen LogP contribution in [0.25, 0.3) is 0 Å². The normalized spacial score (nSPS) is 10.2. The minimum absolute atomic E-state index is 0.626. The number of aryl methyl sites for hydroxylation is 2. The number of nitriles is 1. The molecule has 0 N–H and O–H groups in total. The summed E-state index contributed by atoms with van der Waals surface area (Å²) < 4.78 is 0. The van der Waals surface area contributed by atoms with Crippen LogP contribution in [-0.4, -0.2) is 17.2 Å². The number of para-hydroxylation sites is 1. The van der Waals surface area contributed by atoms with Crippen LogP contribution in [0, 0.1) is 18.3 Å². The molecule has 0 spiro atoms. The molecule has 0 atom stereocenters. The van der Waals surface area contributed by atoms with E-state index < -0.39 is 0 Å². The lowest BCUT2D eigenvalue weighted by Crippen LogP contribution is -2.17. The van der Waals surface area contributed by atoms with Gasteiger partial charge in [-0.25, -0.2) is 0 Å². The molecule has 4 heteroatoms. The Morgan fingerprint density at radius 2 is 1.86 bits per heavy atom. The van der Waals surface area contributed by atoms with E-state index in [0.717, 1.165) is 35.3 Å². The molecule has 0 unspecified atom stereocenters. The molecule has 0 fully saturated rings. The van der Waals surface area contributed by atoms with Crippen LogP contribution in [0.2, 0.25) is 0 Å². The smallest absolute Gasteiger partial charge is 0.173 e. The first kappa shape index (κ1) is 15.0. The van der Waals surface area contributed by atoms with Crippen LogP contribution >= 0.6 is 0 Å². The second kappa shape index (κ2) is 6.36. The fourth-order valence-corrected chi connectivity index (χ4v) is 2.57. The Bertz CT molecular complexity index is 686. The van der Waals surface area contributed by atoms with Crippen molar-refractivity contribution in [1.29, 1.82) is 5.26 Å². The Morgan fingerprint density at radius 1 is 1.14 bits per heavy atom. The summed E-state index contributed by atoms with van der Waals surface area (Å²) in [6.45, 7) is 6.13. The fourth-order valence-electron chi connectivity index (χ4n) is 2.57. The Balaban J connectivity index is 2.60. The van der Waals surface area contributed by atoms with Gasteiger partial charge in [0.15, 0.2) is 5.82 Å². The summed E-state index contributed by atoms with van der Waals surface area (Å²) in [5, 5.41) is 18.2. The minimum atomic E-state index is 0.626. The number of anilines is 2. The molecule has 2 aromatic rings. The quantitative estimate of drug-likeness (QED) is 0.859. The molecule has 0 radical (unpaired) electrons. The van der Waals surface area contributed by atoms with Gasteiger partial charge in [-0.05, 0) is 37.0 Å². The van der Waals surface area contributed by atoms with Gasteiger partial charge in [-0.3, -0.25) is 0 Å². The highest BCUT2D eigenvalue weighted by molar-refractivity contribution is 5.68. The summed E-state index contributed by atoms with van der Waals surface area (Å²) in [5.74, 6) is 0.626. The van der Waals surface area contributed by atoms with E-state index in [1.807, 2.05) is 50.1 Å². The van der Waals surface area contributed by atoms with Crippen molar-refractivity contribution in [2.24, 2.45) is 0 Å². The maximum Gasteiger partial charge on any atom is 0.173 e. The lowest BCUT2D eigenvalue weighted by atomic mass is 10.0. The highest BCUT2D eigenvalue weighted by Crippen LogP contribution is 2.29. The molecule has 0 aliphatic heterocycles. The minimum Gasteiger partial charge on any atom is -0.327 e. The Hall–Kier alpha value is -2.41. The Kier molecular flexibility index (Phi) is 4.54. The molecule has 108 valence electrons. The molecule has 0 aliphatic rings. The van der Waals surface area contributed by atoms with E-state index in [4.69, 9.17) is 0 Å². The lowest BCUT2D eigenvalue weighted by molar-refractivity contribution is 0.861. The largest absolute Gasteiger partial charge is 0.327 e. The number of hydrogen-bond acceptors (Lipinski definition) is 4. The number of aromatic nitrogens is 2. The van der Waals surface area contributed by atoms with Gasteiger partial charge in [0.25, 0.3) is 0 Å². The number of hydrogen-bond donors (Lipinski definition) is 0. The molecule has 4 nitrogen and oxygen atoms in total. The molecule has 1 aromatic carbocycles. The van der Waals surface area contributed by atoms with Gasteiger partial charge in [0.1, 0.15) is 11.6 Å². The van der Waals surface area contributed by atoms with Crippen molar-refractivity contribution >= 4 is 11.5 Å². The van der Waals surface area contributed by atoms with Crippen LogP contribution in [0.15, 0.2) is 24.3 Å². The zero-order valence-electron chi connectivity index (χ0n) is 13.0. The number of rotatable bonds is 4. The number of benzene rings is 1. The summed E-state index contributed by atoms with van der Waals surface area (Å²) in [7, 11) is 1.93. The molecule has 0 bridgehead atoms. The first-order valence-corrected chi connectivity index (χ1v) is 7.21. The van der Waals surface area contributed by atoms with Crippen LogP contribution in [0.5, 0.6) is 0 Å². The topological polar surface area (TPSA) is 52.8 Å². The molecule has 2 rings (SSSR count). The summed E-state index contributed by atoms with van der Waals surface area (Å²) >= 11 is 0. The van der Waals surface area contributed by atoms with E-state index >= 15 is 0 Å². The van der Waals surface area contributed by atoms with Crippen molar-refractivity contribution in [1.82, 2.24) is 10.2 Å². The van der Waals surface area contributed by atoms with Crippen molar-refractivity contribution in [3.8, 4) is 6.07 Å². The van der Waals surface area contributed by atoms with Crippen molar-refractivity contribution in [3.05, 3.63) is 46.6 Å². The third kappa shape index (κ3) is 2.73. The average Bonchev–Trinajstić information content (AvgIpc) is 2.52. The summed E-state index contributed by atoms with van der Waals surface area (Å²) in [5.41, 5.74) is 4.73. The van der Waals surface area contributed by atoms with Gasteiger partial charge >= 0.3 is 0 Å². The summed E-state index contributed by atoms with van der Waals surface area (Å²) in [6, 6.07) is 10.4. The molecule has 0 aliphatic carbocycles. The highest BCUT2D eigenvalue weighted by atomic mass is 15.3. The van der Waals surface area contributed by atoms with Crippen molar-refractivity contribution in [2.75, 3.05) is 11.9 Å². The second-order valence-corrected chi connectivity index (χ2v) is 4.99. The zero-order chi connectivity index (χ0) is 15.4. The third-order valence-electron chi connectivity index (χ3n) is 3.73.